The predicted molar refractivity (Wildman–Crippen MR) is 169 cm³/mol. The van der Waals surface area contributed by atoms with E-state index in [-0.39, 0.29) is 30.5 Å². The van der Waals surface area contributed by atoms with Crippen molar-refractivity contribution in [3.8, 4) is 34.8 Å². The minimum Gasteiger partial charge on any atom is -0.494 e. The minimum absolute atomic E-state index is 0.00841. The first-order valence-corrected chi connectivity index (χ1v) is 15.1. The largest absolute Gasteiger partial charge is 0.494 e. The molecule has 3 aromatic carbocycles. The highest BCUT2D eigenvalue weighted by atomic mass is 16.5. The SMILES string of the molecule is COc1cnc(Oc2cc3c(cc2OC)CCN(CC(=O)NC2CCc4ccccc42)C3Cc2ccc(OC)c(OC)c2)nc1. The molecule has 6 rings (SSSR count). The summed E-state index contributed by atoms with van der Waals surface area (Å²) < 4.78 is 28.1. The molecule has 1 aliphatic carbocycles. The topological polar surface area (TPSA) is 104 Å². The molecule has 0 saturated heterocycles. The van der Waals surface area contributed by atoms with Crippen LogP contribution in [0.15, 0.2) is 67.0 Å². The van der Waals surface area contributed by atoms with Gasteiger partial charge in [-0.1, -0.05) is 30.3 Å². The summed E-state index contributed by atoms with van der Waals surface area (Å²) in [6.07, 6.45) is 6.39. The molecule has 0 bridgehead atoms. The fraction of sp³-hybridized carbons (Fsp3) is 0.343. The number of rotatable bonds is 11. The molecule has 10 nitrogen and oxygen atoms in total. The van der Waals surface area contributed by atoms with E-state index in [1.165, 1.54) is 11.1 Å². The summed E-state index contributed by atoms with van der Waals surface area (Å²) in [5.74, 6) is 2.94. The first kappa shape index (κ1) is 30.2. The molecule has 0 radical (unpaired) electrons. The van der Waals surface area contributed by atoms with Crippen LogP contribution in [-0.2, 0) is 24.1 Å². The van der Waals surface area contributed by atoms with Crippen molar-refractivity contribution in [2.24, 2.45) is 0 Å². The van der Waals surface area contributed by atoms with Gasteiger partial charge in [0, 0.05) is 12.6 Å². The van der Waals surface area contributed by atoms with Crippen LogP contribution in [0.2, 0.25) is 0 Å². The molecule has 2 aliphatic rings. The average Bonchev–Trinajstić information content (AvgIpc) is 3.48. The summed E-state index contributed by atoms with van der Waals surface area (Å²) in [5.41, 5.74) is 5.77. The normalized spacial score (nSPS) is 17.2. The number of nitrogens with zero attached hydrogens (tertiary/aromatic N) is 3. The van der Waals surface area contributed by atoms with Gasteiger partial charge in [-0.25, -0.2) is 0 Å². The zero-order chi connectivity index (χ0) is 31.3. The Balaban J connectivity index is 1.31. The molecule has 1 aromatic heterocycles. The van der Waals surface area contributed by atoms with Crippen molar-refractivity contribution in [2.75, 3.05) is 41.5 Å². The number of benzene rings is 3. The highest BCUT2D eigenvalue weighted by molar-refractivity contribution is 5.79. The Labute approximate surface area is 263 Å². The molecule has 0 fully saturated rings. The van der Waals surface area contributed by atoms with Gasteiger partial charge in [-0.3, -0.25) is 9.69 Å². The Hall–Kier alpha value is -4.83. The van der Waals surface area contributed by atoms with Crippen LogP contribution in [0, 0.1) is 0 Å². The summed E-state index contributed by atoms with van der Waals surface area (Å²) in [5, 5.41) is 3.31. The standard InChI is InChI=1S/C35H38N4O6/c1-41-25-19-36-35(37-20-25)45-33-18-27-24(17-32(33)44-4)13-14-39(29(27)15-22-9-12-30(42-2)31(16-22)43-3)21-34(40)38-28-11-10-23-7-5-6-8-26(23)28/h5-9,12,16-20,28-29H,10-11,13-15,21H2,1-4H3,(H,38,40). The fourth-order valence-corrected chi connectivity index (χ4v) is 6.35. The van der Waals surface area contributed by atoms with Crippen LogP contribution >= 0.6 is 0 Å². The third-order valence-corrected chi connectivity index (χ3v) is 8.63. The molecule has 4 aromatic rings. The van der Waals surface area contributed by atoms with E-state index in [4.69, 9.17) is 23.7 Å². The van der Waals surface area contributed by atoms with E-state index < -0.39 is 0 Å². The van der Waals surface area contributed by atoms with Gasteiger partial charge in [0.15, 0.2) is 28.7 Å². The lowest BCUT2D eigenvalue weighted by atomic mass is 9.88. The van der Waals surface area contributed by atoms with Gasteiger partial charge in [-0.05, 0) is 77.8 Å². The lowest BCUT2D eigenvalue weighted by molar-refractivity contribution is -0.123. The lowest BCUT2D eigenvalue weighted by Gasteiger charge is -2.38. The monoisotopic (exact) mass is 610 g/mol. The number of aryl methyl sites for hydroxylation is 1. The van der Waals surface area contributed by atoms with Crippen LogP contribution in [0.4, 0.5) is 0 Å². The number of carbonyl (C=O) groups is 1. The van der Waals surface area contributed by atoms with Crippen molar-refractivity contribution in [1.29, 1.82) is 0 Å². The molecule has 234 valence electrons. The summed E-state index contributed by atoms with van der Waals surface area (Å²) in [6, 6.07) is 18.4. The van der Waals surface area contributed by atoms with Crippen LogP contribution in [-0.4, -0.2) is 62.3 Å². The quantitative estimate of drug-likeness (QED) is 0.244. The summed E-state index contributed by atoms with van der Waals surface area (Å²) in [4.78, 5) is 24.4. The summed E-state index contributed by atoms with van der Waals surface area (Å²) >= 11 is 0. The van der Waals surface area contributed by atoms with E-state index in [1.54, 1.807) is 40.8 Å². The lowest BCUT2D eigenvalue weighted by Crippen LogP contribution is -2.44. The van der Waals surface area contributed by atoms with Crippen molar-refractivity contribution in [3.63, 3.8) is 0 Å². The van der Waals surface area contributed by atoms with Crippen LogP contribution in [0.1, 0.15) is 46.3 Å². The second-order valence-corrected chi connectivity index (χ2v) is 11.2. The highest BCUT2D eigenvalue weighted by Crippen LogP contribution is 2.41. The molecule has 1 amide bonds. The van der Waals surface area contributed by atoms with Crippen LogP contribution in [0.5, 0.6) is 34.8 Å². The zero-order valence-corrected chi connectivity index (χ0v) is 26.0. The first-order valence-electron chi connectivity index (χ1n) is 15.1. The third kappa shape index (κ3) is 6.51. The van der Waals surface area contributed by atoms with E-state index in [0.717, 1.165) is 36.0 Å². The molecule has 2 unspecified atom stereocenters. The van der Waals surface area contributed by atoms with Gasteiger partial charge in [-0.15, -0.1) is 0 Å². The third-order valence-electron chi connectivity index (χ3n) is 8.63. The number of carbonyl (C=O) groups excluding carboxylic acids is 1. The maximum absolute atomic E-state index is 13.6. The maximum atomic E-state index is 13.6. The van der Waals surface area contributed by atoms with Gasteiger partial charge >= 0.3 is 6.01 Å². The number of nitrogens with one attached hydrogen (secondary N) is 1. The number of aromatic nitrogens is 2. The fourth-order valence-electron chi connectivity index (χ4n) is 6.35. The zero-order valence-electron chi connectivity index (χ0n) is 26.0. The Morgan fingerprint density at radius 3 is 2.33 bits per heavy atom. The van der Waals surface area contributed by atoms with Crippen LogP contribution in [0.3, 0.4) is 0 Å². The van der Waals surface area contributed by atoms with Gasteiger partial charge in [0.1, 0.15) is 0 Å². The first-order chi connectivity index (χ1) is 22.0. The molecular weight excluding hydrogens is 572 g/mol. The molecule has 10 heteroatoms. The van der Waals surface area contributed by atoms with Crippen molar-refractivity contribution in [2.45, 2.75) is 37.8 Å². The second kappa shape index (κ2) is 13.4. The molecule has 1 aliphatic heterocycles. The molecule has 2 heterocycles. The van der Waals surface area contributed by atoms with Crippen molar-refractivity contribution < 1.29 is 28.5 Å². The van der Waals surface area contributed by atoms with Gasteiger partial charge in [0.2, 0.25) is 5.91 Å². The number of amides is 1. The Morgan fingerprint density at radius 1 is 0.822 bits per heavy atom. The minimum atomic E-state index is -0.126. The Kier molecular flexibility index (Phi) is 9.02. The number of hydrogen-bond donors (Lipinski definition) is 1. The van der Waals surface area contributed by atoms with Gasteiger partial charge < -0.3 is 29.0 Å². The van der Waals surface area contributed by atoms with E-state index in [0.29, 0.717) is 41.7 Å². The van der Waals surface area contributed by atoms with E-state index in [1.807, 2.05) is 36.4 Å². The second-order valence-electron chi connectivity index (χ2n) is 11.2. The van der Waals surface area contributed by atoms with Crippen LogP contribution < -0.4 is 29.0 Å². The maximum Gasteiger partial charge on any atom is 0.322 e. The molecular formula is C35H38N4O6. The molecule has 45 heavy (non-hydrogen) atoms. The summed E-state index contributed by atoms with van der Waals surface area (Å²) in [7, 11) is 6.43. The Bertz CT molecular complexity index is 1660. The average molecular weight is 611 g/mol. The number of ether oxygens (including phenoxy) is 5. The van der Waals surface area contributed by atoms with Crippen molar-refractivity contribution in [1.82, 2.24) is 20.2 Å². The van der Waals surface area contributed by atoms with Gasteiger partial charge in [0.05, 0.1) is 53.4 Å². The predicted octanol–water partition coefficient (Wildman–Crippen LogP) is 5.25. The molecule has 2 atom stereocenters. The van der Waals surface area contributed by atoms with Crippen LogP contribution in [0.25, 0.3) is 0 Å². The van der Waals surface area contributed by atoms with E-state index in [9.17, 15) is 4.79 Å². The van der Waals surface area contributed by atoms with Gasteiger partial charge in [0.25, 0.3) is 0 Å². The molecule has 0 saturated carbocycles. The highest BCUT2D eigenvalue weighted by Gasteiger charge is 2.32. The number of hydrogen-bond acceptors (Lipinski definition) is 9. The number of methoxy groups -OCH3 is 4. The smallest absolute Gasteiger partial charge is 0.322 e. The van der Waals surface area contributed by atoms with Crippen molar-refractivity contribution in [3.05, 3.63) is 94.8 Å². The summed E-state index contributed by atoms with van der Waals surface area (Å²) in [6.45, 7) is 0.977. The van der Waals surface area contributed by atoms with Gasteiger partial charge in [-0.2, -0.15) is 9.97 Å². The Morgan fingerprint density at radius 2 is 1.58 bits per heavy atom. The van der Waals surface area contributed by atoms with Crippen molar-refractivity contribution >= 4 is 5.91 Å². The molecule has 0 spiro atoms. The van der Waals surface area contributed by atoms with E-state index >= 15 is 0 Å². The molecule has 1 N–H and O–H groups in total. The number of fused-ring (bicyclic) bond motifs is 2. The van der Waals surface area contributed by atoms with E-state index in [2.05, 4.69) is 38.4 Å².